The van der Waals surface area contributed by atoms with Crippen molar-refractivity contribution >= 4 is 0 Å². The third kappa shape index (κ3) is 0.402. The van der Waals surface area contributed by atoms with Crippen LogP contribution in [0.4, 0.5) is 0 Å². The standard InChI is InChI=1S/C11H6O/c1-2-7-5-8-10(7)6(1)3-4-9-11(8)12-9/h1-4H,5H2. The molecule has 1 heteroatoms. The average molecular weight is 154 g/mol. The van der Waals surface area contributed by atoms with Gasteiger partial charge in [0, 0.05) is 12.0 Å². The smallest absolute Gasteiger partial charge is 0.174 e. The molecule has 0 spiro atoms. The van der Waals surface area contributed by atoms with Crippen LogP contribution < -0.4 is 4.74 Å². The van der Waals surface area contributed by atoms with Gasteiger partial charge in [0.15, 0.2) is 11.5 Å². The molecule has 0 radical (unpaired) electrons. The Balaban J connectivity index is 2.28. The minimum atomic E-state index is 1.08. The molecule has 0 unspecified atom stereocenters. The largest absolute Gasteiger partial charge is 0.449 e. The third-order valence-corrected chi connectivity index (χ3v) is 2.83. The van der Waals surface area contributed by atoms with Crippen LogP contribution in [0.1, 0.15) is 11.1 Å². The fraction of sp³-hybridized carbons (Fsp3) is 0.0909. The highest BCUT2D eigenvalue weighted by molar-refractivity contribution is 5.86. The maximum Gasteiger partial charge on any atom is 0.174 e. The van der Waals surface area contributed by atoms with E-state index in [1.165, 1.54) is 22.3 Å². The normalized spacial score (nSPS) is 15.0. The lowest BCUT2D eigenvalue weighted by Gasteiger charge is -2.15. The molecule has 4 rings (SSSR count). The van der Waals surface area contributed by atoms with E-state index in [2.05, 4.69) is 24.3 Å². The van der Waals surface area contributed by atoms with Gasteiger partial charge >= 0.3 is 0 Å². The van der Waals surface area contributed by atoms with Crippen molar-refractivity contribution in [1.29, 1.82) is 0 Å². The van der Waals surface area contributed by atoms with Crippen LogP contribution >= 0.6 is 0 Å². The highest BCUT2D eigenvalue weighted by Gasteiger charge is 2.33. The summed E-state index contributed by atoms with van der Waals surface area (Å²) in [6, 6.07) is 8.62. The molecule has 4 aliphatic rings. The van der Waals surface area contributed by atoms with E-state index in [1.54, 1.807) is 0 Å². The summed E-state index contributed by atoms with van der Waals surface area (Å²) in [4.78, 5) is 0. The summed E-state index contributed by atoms with van der Waals surface area (Å²) in [6.45, 7) is 0. The molecule has 56 valence electrons. The molecule has 1 heterocycles. The Morgan fingerprint density at radius 1 is 1.08 bits per heavy atom. The Kier molecular flexibility index (Phi) is 0.587. The van der Waals surface area contributed by atoms with E-state index >= 15 is 0 Å². The lowest BCUT2D eigenvalue weighted by Crippen LogP contribution is -1.99. The highest BCUT2D eigenvalue weighted by atomic mass is 16.6. The molecule has 12 heavy (non-hydrogen) atoms. The molecule has 0 N–H and O–H groups in total. The zero-order chi connectivity index (χ0) is 7.71. The van der Waals surface area contributed by atoms with E-state index in [-0.39, 0.29) is 0 Å². The summed E-state index contributed by atoms with van der Waals surface area (Å²) >= 11 is 0. The van der Waals surface area contributed by atoms with Gasteiger partial charge in [-0.1, -0.05) is 18.2 Å². The molecule has 0 atom stereocenters. The van der Waals surface area contributed by atoms with Crippen molar-refractivity contribution in [1.82, 2.24) is 0 Å². The predicted molar refractivity (Wildman–Crippen MR) is 45.9 cm³/mol. The summed E-state index contributed by atoms with van der Waals surface area (Å²) < 4.78 is 5.35. The SMILES string of the molecule is c1cc2c3c(c4c(ccc1-3)O4)C2. The minimum absolute atomic E-state index is 1.08. The lowest BCUT2D eigenvalue weighted by molar-refractivity contribution is 0.641. The van der Waals surface area contributed by atoms with Gasteiger partial charge in [0.2, 0.25) is 0 Å². The van der Waals surface area contributed by atoms with Gasteiger partial charge in [-0.3, -0.25) is 0 Å². The molecule has 1 nitrogen and oxygen atoms in total. The Labute approximate surface area is 69.9 Å². The molecule has 0 saturated carbocycles. The molecular formula is C11H6O. The Hall–Kier alpha value is -1.50. The van der Waals surface area contributed by atoms with Crippen LogP contribution in [0.15, 0.2) is 24.3 Å². The fourth-order valence-corrected chi connectivity index (χ4v) is 2.13. The van der Waals surface area contributed by atoms with Gasteiger partial charge < -0.3 is 4.74 Å². The molecule has 0 bridgehead atoms. The third-order valence-electron chi connectivity index (χ3n) is 2.83. The second kappa shape index (κ2) is 1.36. The van der Waals surface area contributed by atoms with Crippen molar-refractivity contribution in [3.63, 3.8) is 0 Å². The summed E-state index contributed by atoms with van der Waals surface area (Å²) in [5, 5.41) is 0. The van der Waals surface area contributed by atoms with E-state index in [1.807, 2.05) is 0 Å². The second-order valence-corrected chi connectivity index (χ2v) is 3.47. The van der Waals surface area contributed by atoms with Crippen LogP contribution in [0.25, 0.3) is 11.1 Å². The summed E-state index contributed by atoms with van der Waals surface area (Å²) in [5.41, 5.74) is 5.70. The minimum Gasteiger partial charge on any atom is -0.449 e. The number of rotatable bonds is 0. The number of hydrogen-bond donors (Lipinski definition) is 0. The number of hydrogen-bond acceptors (Lipinski definition) is 1. The predicted octanol–water partition coefficient (Wildman–Crippen LogP) is 2.80. The average Bonchev–Trinajstić information content (AvgIpc) is 2.71. The van der Waals surface area contributed by atoms with Gasteiger partial charge in [0.25, 0.3) is 0 Å². The molecule has 0 amide bonds. The zero-order valence-electron chi connectivity index (χ0n) is 6.42. The van der Waals surface area contributed by atoms with Crippen LogP contribution in [0.2, 0.25) is 0 Å². The number of fused-ring (bicyclic) bond motifs is 2. The maximum absolute atomic E-state index is 5.35. The van der Waals surface area contributed by atoms with Gasteiger partial charge in [-0.25, -0.2) is 0 Å². The lowest BCUT2D eigenvalue weighted by atomic mass is 9.88. The Bertz CT molecular complexity index is 485. The van der Waals surface area contributed by atoms with E-state index in [4.69, 9.17) is 4.74 Å². The first-order chi connectivity index (χ1) is 5.93. The monoisotopic (exact) mass is 154 g/mol. The molecule has 0 aromatic carbocycles. The van der Waals surface area contributed by atoms with Crippen molar-refractivity contribution in [2.45, 2.75) is 6.42 Å². The topological polar surface area (TPSA) is 12.5 Å². The van der Waals surface area contributed by atoms with E-state index in [0.29, 0.717) is 0 Å². The van der Waals surface area contributed by atoms with Crippen LogP contribution in [-0.2, 0) is 6.42 Å². The molecule has 1 aliphatic heterocycles. The van der Waals surface area contributed by atoms with Gasteiger partial charge in [0.05, 0.1) is 0 Å². The Morgan fingerprint density at radius 2 is 2.00 bits per heavy atom. The van der Waals surface area contributed by atoms with Crippen molar-refractivity contribution in [3.8, 4) is 22.6 Å². The van der Waals surface area contributed by atoms with Gasteiger partial charge in [0.1, 0.15) is 0 Å². The first-order valence-corrected chi connectivity index (χ1v) is 4.19. The maximum atomic E-state index is 5.35. The fourth-order valence-electron chi connectivity index (χ4n) is 2.13. The second-order valence-electron chi connectivity index (χ2n) is 3.47. The van der Waals surface area contributed by atoms with E-state index < -0.39 is 0 Å². The van der Waals surface area contributed by atoms with Crippen LogP contribution in [-0.4, -0.2) is 0 Å². The van der Waals surface area contributed by atoms with Crippen LogP contribution in [0.5, 0.6) is 11.5 Å². The quantitative estimate of drug-likeness (QED) is 0.355. The first-order valence-electron chi connectivity index (χ1n) is 4.19. The van der Waals surface area contributed by atoms with Crippen molar-refractivity contribution in [2.24, 2.45) is 0 Å². The molecule has 3 aliphatic carbocycles. The van der Waals surface area contributed by atoms with Crippen molar-refractivity contribution in [3.05, 3.63) is 35.4 Å². The van der Waals surface area contributed by atoms with E-state index in [0.717, 1.165) is 17.9 Å². The summed E-state index contributed by atoms with van der Waals surface area (Å²) in [7, 11) is 0. The summed E-state index contributed by atoms with van der Waals surface area (Å²) in [6.07, 6.45) is 1.11. The van der Waals surface area contributed by atoms with Gasteiger partial charge in [-0.05, 0) is 22.8 Å². The van der Waals surface area contributed by atoms with Gasteiger partial charge in [-0.2, -0.15) is 0 Å². The molecule has 0 aromatic rings. The Morgan fingerprint density at radius 3 is 3.00 bits per heavy atom. The van der Waals surface area contributed by atoms with Crippen LogP contribution in [0, 0.1) is 0 Å². The molecular weight excluding hydrogens is 148 g/mol. The highest BCUT2D eigenvalue weighted by Crippen LogP contribution is 2.56. The number of ether oxygens (including phenoxy) is 1. The molecule has 0 fully saturated rings. The van der Waals surface area contributed by atoms with Crippen LogP contribution in [0.3, 0.4) is 0 Å². The van der Waals surface area contributed by atoms with Crippen molar-refractivity contribution < 1.29 is 4.74 Å². The summed E-state index contributed by atoms with van der Waals surface area (Å²) in [5.74, 6) is 2.22. The van der Waals surface area contributed by atoms with Crippen molar-refractivity contribution in [2.75, 3.05) is 0 Å². The van der Waals surface area contributed by atoms with E-state index in [9.17, 15) is 0 Å². The molecule has 0 saturated heterocycles. The molecule has 0 aromatic heterocycles. The zero-order valence-corrected chi connectivity index (χ0v) is 6.42. The first kappa shape index (κ1) is 5.20. The van der Waals surface area contributed by atoms with Gasteiger partial charge in [-0.15, -0.1) is 0 Å².